The molecule has 2 aliphatic carbocycles. The molecule has 16 rings (SSSR count). The first-order valence-electron chi connectivity index (χ1n) is 37.9. The number of hydrogen-bond acceptors (Lipinski definition) is 7. The highest BCUT2D eigenvalue weighted by molar-refractivity contribution is 7.17. The van der Waals surface area contributed by atoms with Crippen LogP contribution in [0.3, 0.4) is 0 Å². The molecule has 2 atom stereocenters. The molecular weight excluding hydrogens is 1360 g/mol. The second-order valence-electron chi connectivity index (χ2n) is 37.0. The zero-order valence-electron chi connectivity index (χ0n) is 68.2. The number of aromatic nitrogens is 3. The highest BCUT2D eigenvalue weighted by atomic mass is 32.1. The number of H-pyrrole nitrogens is 1. The van der Waals surface area contributed by atoms with E-state index in [1.54, 1.807) is 17.6 Å². The Morgan fingerprint density at radius 1 is 0.473 bits per heavy atom. The molecule has 0 amide bonds. The smallest absolute Gasteiger partial charge is 0.133 e. The van der Waals surface area contributed by atoms with Crippen LogP contribution in [0, 0.1) is 11.3 Å². The van der Waals surface area contributed by atoms with Gasteiger partial charge in [0.05, 0.1) is 30.1 Å². The molecule has 0 bridgehead atoms. The number of ether oxygens (including phenoxy) is 1. The van der Waals surface area contributed by atoms with Gasteiger partial charge in [-0.2, -0.15) is 10.2 Å². The van der Waals surface area contributed by atoms with Crippen molar-refractivity contribution in [3.05, 3.63) is 261 Å². The fourth-order valence-electron chi connectivity index (χ4n) is 12.6. The minimum atomic E-state index is 0. The van der Waals surface area contributed by atoms with Crippen molar-refractivity contribution < 1.29 is 9.15 Å². The number of thiophene rings is 1. The largest absolute Gasteiger partial charge is 0.493 e. The van der Waals surface area contributed by atoms with Crippen LogP contribution < -0.4 is 10.2 Å². The molecule has 11 aromatic rings. The molecular formula is C101H142N6O2S. The van der Waals surface area contributed by atoms with E-state index in [4.69, 9.17) is 9.15 Å². The number of hydrogen-bond donors (Lipinski definition) is 2. The first kappa shape index (κ1) is 93.6. The van der Waals surface area contributed by atoms with Gasteiger partial charge in [-0.1, -0.05) is 300 Å². The van der Waals surface area contributed by atoms with E-state index in [1.807, 2.05) is 42.5 Å². The molecule has 2 unspecified atom stereocenters. The molecule has 7 aromatic carbocycles. The van der Waals surface area contributed by atoms with Crippen molar-refractivity contribution in [3.8, 4) is 5.75 Å². The Morgan fingerprint density at radius 2 is 0.991 bits per heavy atom. The van der Waals surface area contributed by atoms with E-state index >= 15 is 0 Å². The Hall–Kier alpha value is -8.79. The van der Waals surface area contributed by atoms with E-state index in [0.29, 0.717) is 12.0 Å². The normalized spacial score (nSPS) is 14.9. The lowest BCUT2D eigenvalue weighted by Gasteiger charge is -2.26. The highest BCUT2D eigenvalue weighted by Gasteiger charge is 2.27. The Bertz CT molecular complexity index is 4590. The third-order valence-electron chi connectivity index (χ3n) is 19.8. The molecule has 3 aliphatic heterocycles. The zero-order chi connectivity index (χ0) is 76.7. The van der Waals surface area contributed by atoms with Gasteiger partial charge in [-0.25, -0.2) is 0 Å². The molecule has 594 valence electrons. The van der Waals surface area contributed by atoms with Gasteiger partial charge < -0.3 is 19.6 Å². The second kappa shape index (κ2) is 38.0. The summed E-state index contributed by atoms with van der Waals surface area (Å²) >= 11 is 1.81. The van der Waals surface area contributed by atoms with E-state index in [2.05, 4.69) is 367 Å². The van der Waals surface area contributed by atoms with E-state index < -0.39 is 0 Å². The van der Waals surface area contributed by atoms with Crippen LogP contribution in [0.1, 0.15) is 265 Å². The molecule has 4 aromatic heterocycles. The molecule has 110 heavy (non-hydrogen) atoms. The number of benzene rings is 7. The predicted octanol–water partition coefficient (Wildman–Crippen LogP) is 29.3. The van der Waals surface area contributed by atoms with Crippen molar-refractivity contribution >= 4 is 78.4 Å². The molecule has 0 saturated heterocycles. The minimum Gasteiger partial charge on any atom is -0.493 e. The van der Waals surface area contributed by atoms with Gasteiger partial charge in [0.15, 0.2) is 0 Å². The lowest BCUT2D eigenvalue weighted by molar-refractivity contribution is 0.356. The zero-order valence-corrected chi connectivity index (χ0v) is 69.0. The van der Waals surface area contributed by atoms with Gasteiger partial charge in [0.25, 0.3) is 0 Å². The number of aliphatic imine (C=N–C) groups is 1. The summed E-state index contributed by atoms with van der Waals surface area (Å²) in [6.45, 7) is 54.6. The van der Waals surface area contributed by atoms with Crippen molar-refractivity contribution in [1.29, 1.82) is 0 Å². The molecule has 0 spiro atoms. The number of fused-ring (bicyclic) bond motifs is 8. The topological polar surface area (TPSA) is 92.7 Å². The molecule has 0 saturated carbocycles. The van der Waals surface area contributed by atoms with Crippen molar-refractivity contribution in [1.82, 2.24) is 20.2 Å². The summed E-state index contributed by atoms with van der Waals surface area (Å²) in [7, 11) is 1.96. The molecule has 9 heteroatoms. The number of rotatable bonds is 0. The number of nitrogens with one attached hydrogen (secondary N) is 2. The average molecular weight is 1500 g/mol. The monoisotopic (exact) mass is 1500 g/mol. The predicted molar refractivity (Wildman–Crippen MR) is 490 cm³/mol. The number of aromatic amines is 1. The summed E-state index contributed by atoms with van der Waals surface area (Å²) in [4.78, 5) is 7.50. The number of nitrogens with zero attached hydrogens (tertiary/aromatic N) is 4. The van der Waals surface area contributed by atoms with Crippen LogP contribution in [0.15, 0.2) is 214 Å². The fraction of sp³-hybridized carbons (Fsp3) is 0.436. The van der Waals surface area contributed by atoms with Crippen LogP contribution in [-0.2, 0) is 64.2 Å². The van der Waals surface area contributed by atoms with E-state index in [0.717, 1.165) is 48.4 Å². The SMILES string of the molecule is C.C.C.C.C.CC(C)(C)C1=CC2NN=CC2C=C1.CC(C)(C)c1ccc2[nH]ccc2c1.CC(C)(C)c1ccc2c(c1)CC=C2.CC(C)(C)c1ccc2c(c1)CC=N2.CC(C)(C)c1ccc2c(c1)CCO2.CC(C)(C)c1ccc2occc2c1.CC(C)(C)c1ccc2sccc2c1.Cn1cc2cc(C(C)(C)C)ccc2n1. The third-order valence-corrected chi connectivity index (χ3v) is 20.7. The van der Waals surface area contributed by atoms with Gasteiger partial charge in [0.2, 0.25) is 0 Å². The maximum absolute atomic E-state index is 5.47. The molecule has 2 N–H and O–H groups in total. The van der Waals surface area contributed by atoms with Crippen LogP contribution in [0.5, 0.6) is 5.75 Å². The molecule has 0 radical (unpaired) electrons. The van der Waals surface area contributed by atoms with Gasteiger partial charge in [-0.05, 0) is 212 Å². The number of allylic oxidation sites excluding steroid dienone is 3. The van der Waals surface area contributed by atoms with E-state index in [-0.39, 0.29) is 80.5 Å². The van der Waals surface area contributed by atoms with Gasteiger partial charge in [0.1, 0.15) is 11.3 Å². The summed E-state index contributed by atoms with van der Waals surface area (Å²) in [5.74, 6) is 1.54. The first-order chi connectivity index (χ1) is 49.0. The van der Waals surface area contributed by atoms with Gasteiger partial charge >= 0.3 is 0 Å². The quantitative estimate of drug-likeness (QED) is 0.158. The van der Waals surface area contributed by atoms with E-state index in [1.165, 1.54) is 98.5 Å². The summed E-state index contributed by atoms with van der Waals surface area (Å²) in [5, 5.41) is 15.7. The van der Waals surface area contributed by atoms with Crippen LogP contribution >= 0.6 is 11.3 Å². The Morgan fingerprint density at radius 3 is 1.60 bits per heavy atom. The summed E-state index contributed by atoms with van der Waals surface area (Å²) in [6.07, 6.45) is 24.1. The lowest BCUT2D eigenvalue weighted by Crippen LogP contribution is -2.28. The second-order valence-corrected chi connectivity index (χ2v) is 37.9. The number of hydrazone groups is 1. The first-order valence-corrected chi connectivity index (χ1v) is 38.7. The van der Waals surface area contributed by atoms with E-state index in [9.17, 15) is 0 Å². The Labute approximate surface area is 671 Å². The Balaban J connectivity index is 0.000000264. The van der Waals surface area contributed by atoms with Crippen LogP contribution in [0.4, 0.5) is 5.69 Å². The standard InChI is InChI=1S/C13H16.C12H16N2.2C12H15N.C12H16O.C12H14O.C12H14S.C11H16N2.5CH4/c1-13(2,3)12-8-7-10-5-4-6-11(10)9-12;1-12(2,3)10-5-6-11-9(7-10)8-14(4)13-11;5*1-12(2,3)10-4-5-11-9(8-10)6-7-13-11;1-11(2,3)9-5-4-8-7-12-13-10(8)6-9;;;;;/h4-5,7-9H,6H2,1-3H3;5-8H,1-4H3;4-5,7-8H,6H2,1-3H3;4-8,13H,1-3H3;4-5,8H,6-7H2,1-3H3;2*4-8H,1-3H3;4-8,10,13H,1-3H3;5*1H4. The molecule has 7 heterocycles. The van der Waals surface area contributed by atoms with Gasteiger partial charge in [0, 0.05) is 71.6 Å². The molecule has 0 fully saturated rings. The molecule has 8 nitrogen and oxygen atoms in total. The minimum absolute atomic E-state index is 0. The average Bonchev–Trinajstić information content (AvgIpc) is 1.88. The van der Waals surface area contributed by atoms with Crippen LogP contribution in [0.25, 0.3) is 48.9 Å². The van der Waals surface area contributed by atoms with Crippen molar-refractivity contribution in [2.45, 2.75) is 267 Å². The number of aryl methyl sites for hydroxylation is 1. The maximum Gasteiger partial charge on any atom is 0.133 e. The maximum atomic E-state index is 5.47. The Kier molecular flexibility index (Phi) is 32.3. The molecule has 5 aliphatic rings. The van der Waals surface area contributed by atoms with Gasteiger partial charge in [-0.3, -0.25) is 9.67 Å². The van der Waals surface area contributed by atoms with Crippen molar-refractivity contribution in [3.63, 3.8) is 0 Å². The lowest BCUT2D eigenvalue weighted by atomic mass is 9.80. The fourth-order valence-corrected chi connectivity index (χ4v) is 13.4. The van der Waals surface area contributed by atoms with Crippen LogP contribution in [-0.4, -0.2) is 39.8 Å². The van der Waals surface area contributed by atoms with Crippen molar-refractivity contribution in [2.24, 2.45) is 28.5 Å². The van der Waals surface area contributed by atoms with Crippen molar-refractivity contribution in [2.75, 3.05) is 6.61 Å². The highest BCUT2D eigenvalue weighted by Crippen LogP contribution is 2.36. The summed E-state index contributed by atoms with van der Waals surface area (Å²) < 4.78 is 14.0. The van der Waals surface area contributed by atoms with Crippen LogP contribution in [0.2, 0.25) is 0 Å². The number of furan rings is 1. The van der Waals surface area contributed by atoms with Gasteiger partial charge in [-0.15, -0.1) is 11.3 Å². The summed E-state index contributed by atoms with van der Waals surface area (Å²) in [5.41, 5.74) is 26.2. The summed E-state index contributed by atoms with van der Waals surface area (Å²) in [6, 6.07) is 52.9. The third kappa shape index (κ3) is 25.6.